The SMILES string of the molecule is O=C(COc1ccc(-c2ccccc2)cc1)NNC(=O)COc1ccccc1[N+](=O)[O-]. The smallest absolute Gasteiger partial charge is 0.310 e. The van der Waals surface area contributed by atoms with Crippen molar-refractivity contribution in [3.8, 4) is 22.6 Å². The maximum Gasteiger partial charge on any atom is 0.310 e. The van der Waals surface area contributed by atoms with E-state index in [0.29, 0.717) is 5.75 Å². The number of hydrogen-bond acceptors (Lipinski definition) is 6. The molecule has 2 N–H and O–H groups in total. The summed E-state index contributed by atoms with van der Waals surface area (Å²) < 4.78 is 10.5. The van der Waals surface area contributed by atoms with Crippen molar-refractivity contribution in [1.29, 1.82) is 0 Å². The van der Waals surface area contributed by atoms with Gasteiger partial charge in [0.05, 0.1) is 4.92 Å². The topological polar surface area (TPSA) is 120 Å². The molecule has 0 unspecified atom stereocenters. The second-order valence-electron chi connectivity index (χ2n) is 6.29. The highest BCUT2D eigenvalue weighted by Gasteiger charge is 2.15. The van der Waals surface area contributed by atoms with Crippen LogP contribution in [-0.2, 0) is 9.59 Å². The number of rotatable bonds is 8. The van der Waals surface area contributed by atoms with Crippen LogP contribution in [0, 0.1) is 10.1 Å². The predicted octanol–water partition coefficient (Wildman–Crippen LogP) is 2.87. The molecule has 0 aliphatic rings. The zero-order valence-corrected chi connectivity index (χ0v) is 16.3. The number of nitro benzene ring substituents is 1. The van der Waals surface area contributed by atoms with Gasteiger partial charge in [-0.15, -0.1) is 0 Å². The molecule has 0 bridgehead atoms. The number of nitrogens with zero attached hydrogens (tertiary/aromatic N) is 1. The van der Waals surface area contributed by atoms with Gasteiger partial charge in [0.1, 0.15) is 5.75 Å². The molecule has 0 aromatic heterocycles. The summed E-state index contributed by atoms with van der Waals surface area (Å²) in [4.78, 5) is 33.9. The van der Waals surface area contributed by atoms with E-state index in [0.717, 1.165) is 11.1 Å². The summed E-state index contributed by atoms with van der Waals surface area (Å²) in [7, 11) is 0. The molecule has 9 nitrogen and oxygen atoms in total. The molecular weight excluding hydrogens is 402 g/mol. The molecule has 0 heterocycles. The van der Waals surface area contributed by atoms with Crippen LogP contribution in [0.2, 0.25) is 0 Å². The van der Waals surface area contributed by atoms with Crippen LogP contribution in [0.1, 0.15) is 0 Å². The largest absolute Gasteiger partial charge is 0.484 e. The Bertz CT molecular complexity index is 1050. The van der Waals surface area contributed by atoms with Crippen molar-refractivity contribution in [2.75, 3.05) is 13.2 Å². The summed E-state index contributed by atoms with van der Waals surface area (Å²) in [5.74, 6) is -0.804. The van der Waals surface area contributed by atoms with Crippen LogP contribution in [0.25, 0.3) is 11.1 Å². The summed E-state index contributed by atoms with van der Waals surface area (Å²) in [6.45, 7) is -0.817. The van der Waals surface area contributed by atoms with E-state index in [1.165, 1.54) is 18.2 Å². The third-order valence-electron chi connectivity index (χ3n) is 4.09. The summed E-state index contributed by atoms with van der Waals surface area (Å²) in [5.41, 5.74) is 6.17. The second-order valence-corrected chi connectivity index (χ2v) is 6.29. The van der Waals surface area contributed by atoms with E-state index in [-0.39, 0.29) is 18.0 Å². The van der Waals surface area contributed by atoms with Crippen LogP contribution in [0.5, 0.6) is 11.5 Å². The highest BCUT2D eigenvalue weighted by molar-refractivity contribution is 5.83. The first kappa shape index (κ1) is 21.3. The zero-order valence-electron chi connectivity index (χ0n) is 16.3. The lowest BCUT2D eigenvalue weighted by molar-refractivity contribution is -0.385. The molecule has 0 aliphatic heterocycles. The van der Waals surface area contributed by atoms with Gasteiger partial charge in [0.25, 0.3) is 11.8 Å². The van der Waals surface area contributed by atoms with E-state index in [4.69, 9.17) is 9.47 Å². The fourth-order valence-electron chi connectivity index (χ4n) is 2.61. The van der Waals surface area contributed by atoms with Crippen molar-refractivity contribution in [1.82, 2.24) is 10.9 Å². The minimum Gasteiger partial charge on any atom is -0.484 e. The van der Waals surface area contributed by atoms with E-state index >= 15 is 0 Å². The van der Waals surface area contributed by atoms with E-state index in [2.05, 4.69) is 10.9 Å². The lowest BCUT2D eigenvalue weighted by atomic mass is 10.1. The van der Waals surface area contributed by atoms with Crippen LogP contribution >= 0.6 is 0 Å². The summed E-state index contributed by atoms with van der Waals surface area (Å²) in [5, 5.41) is 10.9. The molecule has 3 rings (SSSR count). The van der Waals surface area contributed by atoms with E-state index in [9.17, 15) is 19.7 Å². The lowest BCUT2D eigenvalue weighted by Crippen LogP contribution is -2.45. The Morgan fingerprint density at radius 3 is 1.94 bits per heavy atom. The summed E-state index contributed by atoms with van der Waals surface area (Å²) in [6, 6.07) is 22.7. The number of para-hydroxylation sites is 2. The molecule has 2 amide bonds. The summed E-state index contributed by atoms with van der Waals surface area (Å²) in [6.07, 6.45) is 0. The fourth-order valence-corrected chi connectivity index (χ4v) is 2.61. The monoisotopic (exact) mass is 421 g/mol. The lowest BCUT2D eigenvalue weighted by Gasteiger charge is -2.10. The highest BCUT2D eigenvalue weighted by atomic mass is 16.6. The van der Waals surface area contributed by atoms with Gasteiger partial charge in [-0.3, -0.25) is 30.6 Å². The van der Waals surface area contributed by atoms with Crippen molar-refractivity contribution in [3.05, 3.63) is 89.0 Å². The molecule has 0 spiro atoms. The number of hydrogen-bond donors (Lipinski definition) is 2. The average Bonchev–Trinajstić information content (AvgIpc) is 2.81. The Morgan fingerprint density at radius 1 is 0.742 bits per heavy atom. The number of carbonyl (C=O) groups is 2. The highest BCUT2D eigenvalue weighted by Crippen LogP contribution is 2.25. The van der Waals surface area contributed by atoms with Gasteiger partial charge in [-0.1, -0.05) is 54.6 Å². The van der Waals surface area contributed by atoms with E-state index < -0.39 is 23.3 Å². The molecule has 31 heavy (non-hydrogen) atoms. The first-order chi connectivity index (χ1) is 15.0. The normalized spacial score (nSPS) is 10.1. The number of benzene rings is 3. The van der Waals surface area contributed by atoms with Gasteiger partial charge in [0.2, 0.25) is 0 Å². The number of nitrogens with one attached hydrogen (secondary N) is 2. The number of hydrazine groups is 1. The van der Waals surface area contributed by atoms with Gasteiger partial charge in [-0.2, -0.15) is 0 Å². The summed E-state index contributed by atoms with van der Waals surface area (Å²) >= 11 is 0. The number of amides is 2. The quantitative estimate of drug-likeness (QED) is 0.426. The minimum atomic E-state index is -0.682. The van der Waals surface area contributed by atoms with Crippen LogP contribution < -0.4 is 20.3 Å². The molecule has 0 saturated carbocycles. The molecule has 158 valence electrons. The molecule has 3 aromatic carbocycles. The van der Waals surface area contributed by atoms with E-state index in [1.807, 2.05) is 42.5 Å². The average molecular weight is 421 g/mol. The van der Waals surface area contributed by atoms with Crippen molar-refractivity contribution < 1.29 is 24.0 Å². The Balaban J connectivity index is 1.40. The first-order valence-electron chi connectivity index (χ1n) is 9.25. The predicted molar refractivity (Wildman–Crippen MR) is 112 cm³/mol. The number of carbonyl (C=O) groups excluding carboxylic acids is 2. The Kier molecular flexibility index (Phi) is 7.15. The molecule has 0 saturated heterocycles. The Labute approximate surface area is 177 Å². The molecular formula is C22H19N3O6. The van der Waals surface area contributed by atoms with Gasteiger partial charge in [0.15, 0.2) is 19.0 Å². The van der Waals surface area contributed by atoms with Crippen LogP contribution in [0.4, 0.5) is 5.69 Å². The Hall–Kier alpha value is -4.40. The van der Waals surface area contributed by atoms with Crippen LogP contribution in [0.15, 0.2) is 78.9 Å². The van der Waals surface area contributed by atoms with Crippen molar-refractivity contribution in [2.24, 2.45) is 0 Å². The maximum atomic E-state index is 11.8. The van der Waals surface area contributed by atoms with Crippen LogP contribution in [0.3, 0.4) is 0 Å². The van der Waals surface area contributed by atoms with Crippen molar-refractivity contribution in [2.45, 2.75) is 0 Å². The van der Waals surface area contributed by atoms with E-state index in [1.54, 1.807) is 18.2 Å². The molecule has 0 atom stereocenters. The van der Waals surface area contributed by atoms with Crippen LogP contribution in [-0.4, -0.2) is 30.0 Å². The molecule has 3 aromatic rings. The second kappa shape index (κ2) is 10.4. The first-order valence-corrected chi connectivity index (χ1v) is 9.25. The van der Waals surface area contributed by atoms with Crippen molar-refractivity contribution >= 4 is 17.5 Å². The Morgan fingerprint density at radius 2 is 1.29 bits per heavy atom. The standard InChI is InChI=1S/C22H19N3O6/c26-21(14-30-18-12-10-17(11-13-18)16-6-2-1-3-7-16)23-24-22(27)15-31-20-9-5-4-8-19(20)25(28)29/h1-13H,14-15H2,(H,23,26)(H,24,27). The fraction of sp³-hybridized carbons (Fsp3) is 0.0909. The zero-order chi connectivity index (χ0) is 22.1. The molecule has 0 fully saturated rings. The molecule has 0 aliphatic carbocycles. The van der Waals surface area contributed by atoms with Gasteiger partial charge in [-0.25, -0.2) is 0 Å². The molecule has 9 heteroatoms. The molecule has 0 radical (unpaired) electrons. The third kappa shape index (κ3) is 6.29. The maximum absolute atomic E-state index is 11.8. The number of ether oxygens (including phenoxy) is 2. The van der Waals surface area contributed by atoms with Gasteiger partial charge >= 0.3 is 5.69 Å². The van der Waals surface area contributed by atoms with Gasteiger partial charge in [-0.05, 0) is 29.3 Å². The van der Waals surface area contributed by atoms with Crippen molar-refractivity contribution in [3.63, 3.8) is 0 Å². The van der Waals surface area contributed by atoms with Gasteiger partial charge in [0, 0.05) is 6.07 Å². The number of nitro groups is 1. The van der Waals surface area contributed by atoms with Gasteiger partial charge < -0.3 is 9.47 Å². The third-order valence-corrected chi connectivity index (χ3v) is 4.09. The minimum absolute atomic E-state index is 0.0451.